The zero-order chi connectivity index (χ0) is 21.1. The van der Waals surface area contributed by atoms with Crippen molar-refractivity contribution in [2.45, 2.75) is 20.8 Å². The zero-order valence-electron chi connectivity index (χ0n) is 18.0. The second-order valence-corrected chi connectivity index (χ2v) is 7.17. The van der Waals surface area contributed by atoms with Crippen molar-refractivity contribution in [3.05, 3.63) is 96.6 Å². The minimum Gasteiger partial charge on any atom is -0.455 e. The first-order valence-corrected chi connectivity index (χ1v) is 10.5. The lowest BCUT2D eigenvalue weighted by Gasteiger charge is -1.97. The maximum absolute atomic E-state index is 6.17. The number of hydrogen-bond donors (Lipinski definition) is 0. The molecule has 6 aromatic rings. The fraction of sp³-hybridized carbons (Fsp3) is 0.143. The molecule has 0 aliphatic rings. The lowest BCUT2D eigenvalue weighted by molar-refractivity contribution is 0.673. The molecule has 0 unspecified atom stereocenters. The smallest absolute Gasteiger partial charge is 0.145 e. The van der Waals surface area contributed by atoms with Gasteiger partial charge in [-0.1, -0.05) is 86.1 Å². The summed E-state index contributed by atoms with van der Waals surface area (Å²) in [5.74, 6) is 0. The van der Waals surface area contributed by atoms with Crippen LogP contribution in [0.4, 0.5) is 0 Å². The van der Waals surface area contributed by atoms with E-state index in [0.29, 0.717) is 0 Å². The van der Waals surface area contributed by atoms with Crippen LogP contribution in [0.3, 0.4) is 0 Å². The number of benzene rings is 4. The summed E-state index contributed by atoms with van der Waals surface area (Å²) >= 11 is 0. The highest BCUT2D eigenvalue weighted by atomic mass is 16.3. The fourth-order valence-electron chi connectivity index (χ4n) is 3.96. The van der Waals surface area contributed by atoms with Crippen LogP contribution in [-0.2, 0) is 7.05 Å². The largest absolute Gasteiger partial charge is 0.455 e. The second-order valence-electron chi connectivity index (χ2n) is 7.17. The third kappa shape index (κ3) is 3.35. The molecule has 0 N–H and O–H groups in total. The normalized spacial score (nSPS) is 10.7. The Morgan fingerprint density at radius 3 is 1.93 bits per heavy atom. The standard InChI is InChI=1S/C19H13NO.C7H8.C2H6/c1-20-15-8-4-2-7-14(15)18-16(20)11-10-13-12-6-3-5-9-17(12)21-19(13)18;1-7-5-3-2-4-6-7;1-2/h2-11H,1H3;2-6H,1H3;1-2H3. The van der Waals surface area contributed by atoms with Crippen molar-refractivity contribution < 1.29 is 4.42 Å². The molecule has 0 aliphatic heterocycles. The van der Waals surface area contributed by atoms with E-state index in [1.807, 2.05) is 44.2 Å². The van der Waals surface area contributed by atoms with E-state index in [0.717, 1.165) is 11.2 Å². The molecule has 4 aromatic carbocycles. The summed E-state index contributed by atoms with van der Waals surface area (Å²) in [6.07, 6.45) is 0. The number of aromatic nitrogens is 1. The van der Waals surface area contributed by atoms with Gasteiger partial charge in [-0.3, -0.25) is 0 Å². The molecule has 2 heterocycles. The minimum atomic E-state index is 0.952. The molecule has 0 spiro atoms. The molecule has 2 heteroatoms. The fourth-order valence-corrected chi connectivity index (χ4v) is 3.96. The predicted molar refractivity (Wildman–Crippen MR) is 130 cm³/mol. The van der Waals surface area contributed by atoms with E-state index in [1.165, 1.54) is 38.1 Å². The Bertz CT molecular complexity index is 1420. The van der Waals surface area contributed by atoms with Crippen LogP contribution >= 0.6 is 0 Å². The molecule has 0 amide bonds. The number of fused-ring (bicyclic) bond motifs is 7. The van der Waals surface area contributed by atoms with Crippen molar-refractivity contribution in [2.24, 2.45) is 7.05 Å². The Kier molecular flexibility index (Phi) is 5.58. The number of rotatable bonds is 0. The highest BCUT2D eigenvalue weighted by molar-refractivity contribution is 6.23. The van der Waals surface area contributed by atoms with Crippen molar-refractivity contribution in [3.8, 4) is 0 Å². The second kappa shape index (κ2) is 8.46. The van der Waals surface area contributed by atoms with Gasteiger partial charge in [-0.15, -0.1) is 0 Å². The molecule has 2 nitrogen and oxygen atoms in total. The van der Waals surface area contributed by atoms with Crippen molar-refractivity contribution in [2.75, 3.05) is 0 Å². The highest BCUT2D eigenvalue weighted by Crippen LogP contribution is 2.38. The maximum atomic E-state index is 6.17. The summed E-state index contributed by atoms with van der Waals surface area (Å²) in [7, 11) is 2.11. The molecule has 0 fully saturated rings. The van der Waals surface area contributed by atoms with Crippen LogP contribution in [0.25, 0.3) is 43.7 Å². The van der Waals surface area contributed by atoms with Crippen molar-refractivity contribution in [3.63, 3.8) is 0 Å². The molecule has 0 bridgehead atoms. The molecule has 6 rings (SSSR count). The minimum absolute atomic E-state index is 0.952. The van der Waals surface area contributed by atoms with E-state index in [9.17, 15) is 0 Å². The van der Waals surface area contributed by atoms with Gasteiger partial charge in [-0.25, -0.2) is 0 Å². The van der Waals surface area contributed by atoms with Gasteiger partial charge >= 0.3 is 0 Å². The molecular formula is C28H27NO. The van der Waals surface area contributed by atoms with Crippen molar-refractivity contribution >= 4 is 43.7 Å². The number of aryl methyl sites for hydroxylation is 2. The van der Waals surface area contributed by atoms with Gasteiger partial charge < -0.3 is 8.98 Å². The monoisotopic (exact) mass is 393 g/mol. The van der Waals surface area contributed by atoms with Crippen molar-refractivity contribution in [1.82, 2.24) is 4.57 Å². The number of furan rings is 1. The third-order valence-electron chi connectivity index (χ3n) is 5.36. The Hall–Kier alpha value is -3.52. The SMILES string of the molecule is CC.Cc1ccccc1.Cn1c2ccccc2c2c3oc4ccccc4c3ccc21. The van der Waals surface area contributed by atoms with Gasteiger partial charge in [0.25, 0.3) is 0 Å². The summed E-state index contributed by atoms with van der Waals surface area (Å²) in [6, 6.07) is 31.4. The van der Waals surface area contributed by atoms with Gasteiger partial charge in [0.2, 0.25) is 0 Å². The molecule has 0 radical (unpaired) electrons. The molecule has 2 aromatic heterocycles. The topological polar surface area (TPSA) is 18.1 Å². The van der Waals surface area contributed by atoms with Crippen molar-refractivity contribution in [1.29, 1.82) is 0 Å². The summed E-state index contributed by atoms with van der Waals surface area (Å²) in [5.41, 5.74) is 5.71. The number of hydrogen-bond acceptors (Lipinski definition) is 1. The summed E-state index contributed by atoms with van der Waals surface area (Å²) in [5, 5.41) is 4.83. The van der Waals surface area contributed by atoms with Gasteiger partial charge in [0, 0.05) is 28.7 Å². The number of nitrogens with zero attached hydrogens (tertiary/aromatic N) is 1. The first-order valence-electron chi connectivity index (χ1n) is 10.5. The zero-order valence-corrected chi connectivity index (χ0v) is 18.0. The average Bonchev–Trinajstić information content (AvgIpc) is 3.32. The predicted octanol–water partition coefficient (Wildman–Crippen LogP) is 8.25. The van der Waals surface area contributed by atoms with E-state index in [-0.39, 0.29) is 0 Å². The van der Waals surface area contributed by atoms with Crippen LogP contribution in [0.2, 0.25) is 0 Å². The van der Waals surface area contributed by atoms with Gasteiger partial charge in [-0.05, 0) is 31.2 Å². The highest BCUT2D eigenvalue weighted by Gasteiger charge is 2.15. The summed E-state index contributed by atoms with van der Waals surface area (Å²) in [4.78, 5) is 0. The van der Waals surface area contributed by atoms with E-state index in [1.54, 1.807) is 0 Å². The molecule has 0 saturated heterocycles. The van der Waals surface area contributed by atoms with Crippen LogP contribution in [0.5, 0.6) is 0 Å². The quantitative estimate of drug-likeness (QED) is 0.254. The van der Waals surface area contributed by atoms with Crippen LogP contribution in [0.15, 0.2) is 95.4 Å². The number of para-hydroxylation sites is 2. The van der Waals surface area contributed by atoms with E-state index < -0.39 is 0 Å². The van der Waals surface area contributed by atoms with E-state index in [2.05, 4.69) is 79.2 Å². The lowest BCUT2D eigenvalue weighted by Crippen LogP contribution is -1.85. The van der Waals surface area contributed by atoms with E-state index in [4.69, 9.17) is 4.42 Å². The van der Waals surface area contributed by atoms with Gasteiger partial charge in [-0.2, -0.15) is 0 Å². The van der Waals surface area contributed by atoms with Crippen LogP contribution < -0.4 is 0 Å². The third-order valence-corrected chi connectivity index (χ3v) is 5.36. The Morgan fingerprint density at radius 1 is 0.600 bits per heavy atom. The molecule has 150 valence electrons. The average molecular weight is 394 g/mol. The Morgan fingerprint density at radius 2 is 1.23 bits per heavy atom. The molecular weight excluding hydrogens is 366 g/mol. The van der Waals surface area contributed by atoms with Crippen LogP contribution in [-0.4, -0.2) is 4.57 Å². The van der Waals surface area contributed by atoms with Gasteiger partial charge in [0.1, 0.15) is 11.2 Å². The van der Waals surface area contributed by atoms with E-state index >= 15 is 0 Å². The lowest BCUT2D eigenvalue weighted by atomic mass is 10.1. The maximum Gasteiger partial charge on any atom is 0.145 e. The molecule has 0 saturated carbocycles. The molecule has 0 atom stereocenters. The first kappa shape index (κ1) is 19.8. The summed E-state index contributed by atoms with van der Waals surface area (Å²) in [6.45, 7) is 6.08. The van der Waals surface area contributed by atoms with Crippen LogP contribution in [0.1, 0.15) is 19.4 Å². The first-order chi connectivity index (χ1) is 14.7. The Labute approximate surface area is 177 Å². The van der Waals surface area contributed by atoms with Gasteiger partial charge in [0.05, 0.1) is 10.9 Å². The molecule has 30 heavy (non-hydrogen) atoms. The molecule has 0 aliphatic carbocycles. The van der Waals surface area contributed by atoms with Gasteiger partial charge in [0.15, 0.2) is 0 Å². The summed E-state index contributed by atoms with van der Waals surface area (Å²) < 4.78 is 8.41. The van der Waals surface area contributed by atoms with Crippen LogP contribution in [0, 0.1) is 6.92 Å². The Balaban J connectivity index is 0.000000206.